The van der Waals surface area contributed by atoms with Crippen LogP contribution in [0.5, 0.6) is 11.5 Å². The quantitative estimate of drug-likeness (QED) is 0.397. The monoisotopic (exact) mass is 526 g/mol. The van der Waals surface area contributed by atoms with Gasteiger partial charge in [0.25, 0.3) is 0 Å². The van der Waals surface area contributed by atoms with Gasteiger partial charge in [-0.05, 0) is 53.5 Å². The fraction of sp³-hybridized carbons (Fsp3) is 0.286. The first kappa shape index (κ1) is 24.0. The highest BCUT2D eigenvalue weighted by atomic mass is 79.9. The van der Waals surface area contributed by atoms with Gasteiger partial charge in [0.2, 0.25) is 5.91 Å². The molecule has 1 heterocycles. The summed E-state index contributed by atoms with van der Waals surface area (Å²) >= 11 is 4.20. The van der Waals surface area contributed by atoms with E-state index in [2.05, 4.69) is 31.4 Å². The molecule has 0 spiro atoms. The number of aromatic nitrogens is 3. The van der Waals surface area contributed by atoms with Crippen LogP contribution in [-0.2, 0) is 17.9 Å². The van der Waals surface area contributed by atoms with E-state index in [1.54, 1.807) is 7.11 Å². The molecule has 3 aromatic rings. The van der Waals surface area contributed by atoms with Crippen LogP contribution in [0.1, 0.15) is 18.3 Å². The minimum absolute atomic E-state index is 0.0337. The van der Waals surface area contributed by atoms with E-state index < -0.39 is 17.5 Å². The zero-order chi connectivity index (χ0) is 23.3. The molecule has 3 rings (SSSR count). The first-order chi connectivity index (χ1) is 15.3. The minimum atomic E-state index is -0.863. The SMILES string of the molecule is CCn1c(COc2ccc(C)cc2OC)nnc1SCC(=O)Nc1c(F)cc(F)cc1Br. The standard InChI is InChI=1S/C21H21BrF2N4O3S/c1-4-28-18(10-31-16-6-5-12(2)7-17(16)30-3)26-27-21(28)32-11-19(29)25-20-14(22)8-13(23)9-15(20)24/h5-9H,4,10-11H2,1-3H3,(H,25,29). The van der Waals surface area contributed by atoms with Crippen LogP contribution in [-0.4, -0.2) is 33.5 Å². The van der Waals surface area contributed by atoms with Gasteiger partial charge in [-0.25, -0.2) is 8.78 Å². The third-order valence-corrected chi connectivity index (χ3v) is 5.98. The van der Waals surface area contributed by atoms with E-state index in [-0.39, 0.29) is 22.5 Å². The maximum absolute atomic E-state index is 13.9. The minimum Gasteiger partial charge on any atom is -0.493 e. The molecule has 0 radical (unpaired) electrons. The van der Waals surface area contributed by atoms with Crippen molar-refractivity contribution in [3.8, 4) is 11.5 Å². The lowest BCUT2D eigenvalue weighted by Gasteiger charge is -2.12. The van der Waals surface area contributed by atoms with Gasteiger partial charge in [0.1, 0.15) is 12.4 Å². The van der Waals surface area contributed by atoms with Gasteiger partial charge in [-0.15, -0.1) is 10.2 Å². The van der Waals surface area contributed by atoms with Crippen molar-refractivity contribution in [2.75, 3.05) is 18.2 Å². The van der Waals surface area contributed by atoms with Crippen LogP contribution in [0.25, 0.3) is 0 Å². The molecule has 0 saturated carbocycles. The van der Waals surface area contributed by atoms with E-state index in [0.29, 0.717) is 35.1 Å². The number of rotatable bonds is 9. The van der Waals surface area contributed by atoms with Crippen LogP contribution in [0.4, 0.5) is 14.5 Å². The third kappa shape index (κ3) is 5.77. The van der Waals surface area contributed by atoms with Crippen molar-refractivity contribution in [3.05, 3.63) is 57.8 Å². The summed E-state index contributed by atoms with van der Waals surface area (Å²) in [5, 5.41) is 11.3. The Morgan fingerprint density at radius 3 is 2.69 bits per heavy atom. The molecular formula is C21H21BrF2N4O3S. The lowest BCUT2D eigenvalue weighted by Crippen LogP contribution is -2.16. The Hall–Kier alpha value is -2.66. The van der Waals surface area contributed by atoms with E-state index in [9.17, 15) is 13.6 Å². The fourth-order valence-electron chi connectivity index (χ4n) is 2.85. The highest BCUT2D eigenvalue weighted by molar-refractivity contribution is 9.10. The van der Waals surface area contributed by atoms with Gasteiger partial charge < -0.3 is 19.4 Å². The number of halogens is 3. The van der Waals surface area contributed by atoms with Crippen LogP contribution in [0.15, 0.2) is 40.0 Å². The molecule has 11 heteroatoms. The third-order valence-electron chi connectivity index (χ3n) is 4.39. The number of hydrogen-bond acceptors (Lipinski definition) is 6. The van der Waals surface area contributed by atoms with Crippen LogP contribution < -0.4 is 14.8 Å². The van der Waals surface area contributed by atoms with Crippen LogP contribution in [0.3, 0.4) is 0 Å². The number of anilines is 1. The molecule has 1 N–H and O–H groups in total. The molecular weight excluding hydrogens is 506 g/mol. The van der Waals surface area contributed by atoms with Crippen LogP contribution in [0.2, 0.25) is 0 Å². The van der Waals surface area contributed by atoms with Gasteiger partial charge in [-0.1, -0.05) is 17.8 Å². The Kier molecular flexibility index (Phi) is 8.08. The van der Waals surface area contributed by atoms with Crippen LogP contribution >= 0.6 is 27.7 Å². The van der Waals surface area contributed by atoms with Crippen LogP contribution in [0, 0.1) is 18.6 Å². The molecule has 0 aliphatic heterocycles. The number of carbonyl (C=O) groups excluding carboxylic acids is 1. The molecule has 0 fully saturated rings. The number of thioether (sulfide) groups is 1. The molecule has 0 saturated heterocycles. The number of amides is 1. The molecule has 32 heavy (non-hydrogen) atoms. The second-order valence-corrected chi connectivity index (χ2v) is 8.46. The second kappa shape index (κ2) is 10.8. The Balaban J connectivity index is 1.63. The number of benzene rings is 2. The van der Waals surface area contributed by atoms with Crippen molar-refractivity contribution in [3.63, 3.8) is 0 Å². The summed E-state index contributed by atoms with van der Waals surface area (Å²) in [5.74, 6) is -0.302. The highest BCUT2D eigenvalue weighted by Crippen LogP contribution is 2.29. The predicted molar refractivity (Wildman–Crippen MR) is 121 cm³/mol. The summed E-state index contributed by atoms with van der Waals surface area (Å²) in [6, 6.07) is 7.41. The average molecular weight is 527 g/mol. The molecule has 0 aliphatic rings. The topological polar surface area (TPSA) is 78.3 Å². The average Bonchev–Trinajstić information content (AvgIpc) is 3.15. The Morgan fingerprint density at radius 2 is 2.00 bits per heavy atom. The fourth-order valence-corrected chi connectivity index (χ4v) is 4.18. The molecule has 0 aliphatic carbocycles. The van der Waals surface area contributed by atoms with Crippen molar-refractivity contribution >= 4 is 39.3 Å². The summed E-state index contributed by atoms with van der Waals surface area (Å²) in [5.41, 5.74) is 0.936. The van der Waals surface area contributed by atoms with Crippen molar-refractivity contribution in [1.29, 1.82) is 0 Å². The predicted octanol–water partition coefficient (Wildman–Crippen LogP) is 4.97. The number of nitrogens with one attached hydrogen (secondary N) is 1. The second-order valence-electron chi connectivity index (χ2n) is 6.67. The lowest BCUT2D eigenvalue weighted by atomic mass is 10.2. The highest BCUT2D eigenvalue weighted by Gasteiger charge is 2.17. The number of methoxy groups -OCH3 is 1. The molecule has 1 aromatic heterocycles. The summed E-state index contributed by atoms with van der Waals surface area (Å²) in [6.07, 6.45) is 0. The summed E-state index contributed by atoms with van der Waals surface area (Å²) in [7, 11) is 1.58. The molecule has 7 nitrogen and oxygen atoms in total. The Morgan fingerprint density at radius 1 is 1.22 bits per heavy atom. The normalized spacial score (nSPS) is 10.8. The Bertz CT molecular complexity index is 1100. The van der Waals surface area contributed by atoms with E-state index in [4.69, 9.17) is 9.47 Å². The van der Waals surface area contributed by atoms with Crippen molar-refractivity contribution in [2.24, 2.45) is 0 Å². The number of ether oxygens (including phenoxy) is 2. The maximum Gasteiger partial charge on any atom is 0.234 e. The summed E-state index contributed by atoms with van der Waals surface area (Å²) < 4.78 is 40.3. The molecule has 0 atom stereocenters. The van der Waals surface area contributed by atoms with E-state index in [1.807, 2.05) is 36.6 Å². The zero-order valence-electron chi connectivity index (χ0n) is 17.6. The first-order valence-electron chi connectivity index (χ1n) is 9.59. The number of hydrogen-bond donors (Lipinski definition) is 1. The van der Waals surface area contributed by atoms with Gasteiger partial charge in [0.15, 0.2) is 28.3 Å². The lowest BCUT2D eigenvalue weighted by molar-refractivity contribution is -0.113. The largest absolute Gasteiger partial charge is 0.493 e. The van der Waals surface area contributed by atoms with Gasteiger partial charge in [-0.2, -0.15) is 0 Å². The van der Waals surface area contributed by atoms with E-state index in [1.165, 1.54) is 0 Å². The van der Waals surface area contributed by atoms with Crippen molar-refractivity contribution < 1.29 is 23.0 Å². The molecule has 170 valence electrons. The first-order valence-corrected chi connectivity index (χ1v) is 11.4. The van der Waals surface area contributed by atoms with Gasteiger partial charge in [0, 0.05) is 17.1 Å². The van der Waals surface area contributed by atoms with Gasteiger partial charge in [0.05, 0.1) is 18.6 Å². The van der Waals surface area contributed by atoms with E-state index in [0.717, 1.165) is 23.4 Å². The van der Waals surface area contributed by atoms with Crippen molar-refractivity contribution in [2.45, 2.75) is 32.2 Å². The molecule has 1 amide bonds. The van der Waals surface area contributed by atoms with E-state index >= 15 is 0 Å². The maximum atomic E-state index is 13.9. The molecule has 0 bridgehead atoms. The van der Waals surface area contributed by atoms with Gasteiger partial charge >= 0.3 is 0 Å². The Labute approximate surface area is 196 Å². The zero-order valence-corrected chi connectivity index (χ0v) is 20.0. The number of carbonyl (C=O) groups is 1. The van der Waals surface area contributed by atoms with Gasteiger partial charge in [-0.3, -0.25) is 4.79 Å². The summed E-state index contributed by atoms with van der Waals surface area (Å²) in [6.45, 7) is 4.62. The molecule has 2 aromatic carbocycles. The smallest absolute Gasteiger partial charge is 0.234 e. The number of aryl methyl sites for hydroxylation is 1. The molecule has 0 unspecified atom stereocenters. The number of nitrogens with zero attached hydrogens (tertiary/aromatic N) is 3. The summed E-state index contributed by atoms with van der Waals surface area (Å²) in [4.78, 5) is 12.3. The van der Waals surface area contributed by atoms with Crippen molar-refractivity contribution in [1.82, 2.24) is 14.8 Å².